The predicted molar refractivity (Wildman–Crippen MR) is 112 cm³/mol. The van der Waals surface area contributed by atoms with Gasteiger partial charge < -0.3 is 14.8 Å². The van der Waals surface area contributed by atoms with Gasteiger partial charge in [0.05, 0.1) is 14.2 Å². The Morgan fingerprint density at radius 2 is 1.57 bits per heavy atom. The molecule has 1 aliphatic heterocycles. The summed E-state index contributed by atoms with van der Waals surface area (Å²) in [6.07, 6.45) is 2.01. The molecule has 1 N–H and O–H groups in total. The second kappa shape index (κ2) is 7.60. The maximum atomic E-state index is 13.2. The number of hydrogen-bond acceptors (Lipinski definition) is 5. The molecule has 30 heavy (non-hydrogen) atoms. The van der Waals surface area contributed by atoms with Crippen molar-refractivity contribution in [2.45, 2.75) is 46.5 Å². The number of methoxy groups -OCH3 is 2. The van der Waals surface area contributed by atoms with Crippen molar-refractivity contribution in [3.8, 4) is 11.5 Å². The number of hydrogen-bond donors (Lipinski definition) is 1. The summed E-state index contributed by atoms with van der Waals surface area (Å²) in [6, 6.07) is 5.68. The first-order valence-corrected chi connectivity index (χ1v) is 10.3. The molecule has 1 saturated heterocycles. The van der Waals surface area contributed by atoms with Gasteiger partial charge in [0.2, 0.25) is 17.7 Å². The summed E-state index contributed by atoms with van der Waals surface area (Å²) in [4.78, 5) is 40.0. The van der Waals surface area contributed by atoms with Gasteiger partial charge in [0.15, 0.2) is 11.5 Å². The zero-order chi connectivity index (χ0) is 22.3. The highest BCUT2D eigenvalue weighted by Crippen LogP contribution is 2.58. The van der Waals surface area contributed by atoms with E-state index in [9.17, 15) is 14.4 Å². The van der Waals surface area contributed by atoms with Crippen LogP contribution in [0.3, 0.4) is 0 Å². The Labute approximate surface area is 178 Å². The van der Waals surface area contributed by atoms with Gasteiger partial charge in [0.25, 0.3) is 0 Å². The fourth-order valence-corrected chi connectivity index (χ4v) is 5.71. The summed E-state index contributed by atoms with van der Waals surface area (Å²) in [7, 11) is 4.73. The molecule has 7 heteroatoms. The number of amides is 3. The molecule has 1 aliphatic carbocycles. The van der Waals surface area contributed by atoms with Crippen LogP contribution in [0.5, 0.6) is 11.5 Å². The molecule has 0 spiro atoms. The highest BCUT2D eigenvalue weighted by Gasteiger charge is 2.62. The van der Waals surface area contributed by atoms with E-state index in [4.69, 9.17) is 9.47 Å². The molecule has 2 atom stereocenters. The Balaban J connectivity index is 1.70. The molecule has 3 rings (SSSR count). The normalized spacial score (nSPS) is 30.8. The number of carbonyl (C=O) groups excluding carboxylic acids is 3. The van der Waals surface area contributed by atoms with Crippen LogP contribution in [0.25, 0.3) is 0 Å². The van der Waals surface area contributed by atoms with E-state index in [0.717, 1.165) is 5.56 Å². The monoisotopic (exact) mass is 416 g/mol. The summed E-state index contributed by atoms with van der Waals surface area (Å²) in [5.74, 6) is 0.830. The summed E-state index contributed by atoms with van der Waals surface area (Å²) >= 11 is 0. The van der Waals surface area contributed by atoms with Crippen LogP contribution in [0.1, 0.15) is 45.6 Å². The Bertz CT molecular complexity index is 852. The maximum absolute atomic E-state index is 13.2. The fourth-order valence-electron chi connectivity index (χ4n) is 5.71. The van der Waals surface area contributed by atoms with Crippen molar-refractivity contribution in [2.75, 3.05) is 27.8 Å². The quantitative estimate of drug-likeness (QED) is 0.721. The van der Waals surface area contributed by atoms with Crippen molar-refractivity contribution in [3.63, 3.8) is 0 Å². The van der Waals surface area contributed by atoms with Crippen LogP contribution in [0.2, 0.25) is 0 Å². The number of fused-ring (bicyclic) bond motifs is 2. The third-order valence-corrected chi connectivity index (χ3v) is 6.68. The van der Waals surface area contributed by atoms with E-state index in [1.54, 1.807) is 21.3 Å². The summed E-state index contributed by atoms with van der Waals surface area (Å²) < 4.78 is 10.6. The lowest BCUT2D eigenvalue weighted by Crippen LogP contribution is -2.64. The Kier molecular flexibility index (Phi) is 5.60. The third-order valence-electron chi connectivity index (χ3n) is 6.68. The summed E-state index contributed by atoms with van der Waals surface area (Å²) in [5, 5.41) is 3.02. The topological polar surface area (TPSA) is 84.9 Å². The number of nitrogens with one attached hydrogen (secondary N) is 1. The molecule has 7 nitrogen and oxygen atoms in total. The van der Waals surface area contributed by atoms with E-state index >= 15 is 0 Å². The van der Waals surface area contributed by atoms with Crippen molar-refractivity contribution in [1.82, 2.24) is 10.2 Å². The number of ether oxygens (including phenoxy) is 2. The maximum Gasteiger partial charge on any atom is 0.234 e. The summed E-state index contributed by atoms with van der Waals surface area (Å²) in [5.41, 5.74) is -1.16. The average Bonchev–Trinajstić information content (AvgIpc) is 2.70. The van der Waals surface area contributed by atoms with Crippen LogP contribution in [-0.4, -0.2) is 50.4 Å². The lowest BCUT2D eigenvalue weighted by Gasteiger charge is -2.55. The lowest BCUT2D eigenvalue weighted by molar-refractivity contribution is -0.178. The molecule has 1 aromatic carbocycles. The smallest absolute Gasteiger partial charge is 0.234 e. The molecule has 3 amide bonds. The second-order valence-electron chi connectivity index (χ2n) is 9.58. The van der Waals surface area contributed by atoms with Crippen molar-refractivity contribution >= 4 is 17.7 Å². The van der Waals surface area contributed by atoms with Crippen LogP contribution < -0.4 is 14.8 Å². The van der Waals surface area contributed by atoms with Gasteiger partial charge in [-0.1, -0.05) is 26.8 Å². The van der Waals surface area contributed by atoms with Crippen LogP contribution in [0.4, 0.5) is 0 Å². The first kappa shape index (κ1) is 22.1. The number of benzene rings is 1. The lowest BCUT2D eigenvalue weighted by atomic mass is 9.51. The highest BCUT2D eigenvalue weighted by atomic mass is 16.5. The number of likely N-dealkylation sites (tertiary alicyclic amines) is 1. The summed E-state index contributed by atoms with van der Waals surface area (Å²) in [6.45, 7) is 6.09. The second-order valence-corrected chi connectivity index (χ2v) is 9.58. The van der Waals surface area contributed by atoms with E-state index in [-0.39, 0.29) is 17.7 Å². The van der Waals surface area contributed by atoms with E-state index in [0.29, 0.717) is 43.7 Å². The SMILES string of the molecule is COc1ccc(CCNC(=O)C2(C)CC3(C)CC(C)(C2)C(=O)N(C)C3=O)cc1OC. The van der Waals surface area contributed by atoms with Gasteiger partial charge in [-0.25, -0.2) is 0 Å². The van der Waals surface area contributed by atoms with E-state index in [2.05, 4.69) is 5.32 Å². The molecule has 2 aliphatic rings. The number of piperidine rings is 1. The molecule has 0 aromatic heterocycles. The molecule has 0 radical (unpaired) electrons. The number of imide groups is 1. The van der Waals surface area contributed by atoms with Crippen LogP contribution in [-0.2, 0) is 20.8 Å². The minimum absolute atomic E-state index is 0.106. The van der Waals surface area contributed by atoms with Gasteiger partial charge >= 0.3 is 0 Å². The molecule has 1 heterocycles. The van der Waals surface area contributed by atoms with Gasteiger partial charge in [0.1, 0.15) is 0 Å². The van der Waals surface area contributed by atoms with Gasteiger partial charge in [0, 0.05) is 29.8 Å². The van der Waals surface area contributed by atoms with Crippen molar-refractivity contribution in [2.24, 2.45) is 16.2 Å². The predicted octanol–water partition coefficient (Wildman–Crippen LogP) is 2.56. The van der Waals surface area contributed by atoms with Gasteiger partial charge in [-0.3, -0.25) is 19.3 Å². The van der Waals surface area contributed by atoms with Gasteiger partial charge in [-0.05, 0) is 43.4 Å². The molecule has 164 valence electrons. The first-order valence-electron chi connectivity index (χ1n) is 10.3. The van der Waals surface area contributed by atoms with E-state index in [1.165, 1.54) is 4.90 Å². The van der Waals surface area contributed by atoms with Crippen LogP contribution in [0, 0.1) is 16.2 Å². The molecule has 1 aromatic rings. The van der Waals surface area contributed by atoms with Gasteiger partial charge in [-0.15, -0.1) is 0 Å². The highest BCUT2D eigenvalue weighted by molar-refractivity contribution is 6.04. The zero-order valence-corrected chi connectivity index (χ0v) is 18.8. The Morgan fingerprint density at radius 1 is 1.00 bits per heavy atom. The fraction of sp³-hybridized carbons (Fsp3) is 0.609. The molecular formula is C23H32N2O5. The first-order chi connectivity index (χ1) is 14.0. The van der Waals surface area contributed by atoms with E-state index in [1.807, 2.05) is 39.0 Å². The molecule has 2 fully saturated rings. The molecule has 1 saturated carbocycles. The van der Waals surface area contributed by atoms with Crippen LogP contribution in [0.15, 0.2) is 18.2 Å². The van der Waals surface area contributed by atoms with Crippen molar-refractivity contribution < 1.29 is 23.9 Å². The molecule has 2 bridgehead atoms. The molecular weight excluding hydrogens is 384 g/mol. The number of nitrogens with zero attached hydrogens (tertiary/aromatic N) is 1. The number of rotatable bonds is 6. The Morgan fingerprint density at radius 3 is 2.10 bits per heavy atom. The van der Waals surface area contributed by atoms with Crippen molar-refractivity contribution in [3.05, 3.63) is 23.8 Å². The van der Waals surface area contributed by atoms with E-state index < -0.39 is 16.2 Å². The van der Waals surface area contributed by atoms with Crippen LogP contribution >= 0.6 is 0 Å². The van der Waals surface area contributed by atoms with Gasteiger partial charge in [-0.2, -0.15) is 0 Å². The zero-order valence-electron chi connectivity index (χ0n) is 18.8. The minimum Gasteiger partial charge on any atom is -0.493 e. The standard InChI is InChI=1S/C23H32N2O5/c1-21(12-22(2)14-23(3,13-21)20(28)25(4)19(22)27)18(26)24-10-9-15-7-8-16(29-5)17(11-15)30-6/h7-8,11H,9-10,12-14H2,1-6H3,(H,24,26). The average molecular weight is 417 g/mol. The largest absolute Gasteiger partial charge is 0.493 e. The minimum atomic E-state index is -0.772. The van der Waals surface area contributed by atoms with Crippen molar-refractivity contribution in [1.29, 1.82) is 0 Å². The third kappa shape index (κ3) is 3.66. The Hall–Kier alpha value is -2.57. The number of carbonyl (C=O) groups is 3. The molecule has 2 unspecified atom stereocenters.